The molecule has 0 unspecified atom stereocenters. The van der Waals surface area contributed by atoms with E-state index in [2.05, 4.69) is 16.3 Å². The molecule has 2 heterocycles. The molecule has 1 aliphatic rings. The molecular weight excluding hydrogens is 204 g/mol. The summed E-state index contributed by atoms with van der Waals surface area (Å²) in [6.07, 6.45) is 2.10. The summed E-state index contributed by atoms with van der Waals surface area (Å²) in [5, 5.41) is 5.39. The molecular formula is C12H12N2O2. The Morgan fingerprint density at radius 1 is 1.19 bits per heavy atom. The van der Waals surface area contributed by atoms with Crippen molar-refractivity contribution in [3.63, 3.8) is 0 Å². The molecule has 0 spiro atoms. The highest BCUT2D eigenvalue weighted by Crippen LogP contribution is 2.28. The molecule has 82 valence electrons. The predicted octanol–water partition coefficient (Wildman–Crippen LogP) is 1.69. The van der Waals surface area contributed by atoms with Gasteiger partial charge in [-0.25, -0.2) is 0 Å². The minimum absolute atomic E-state index is 0.107. The maximum Gasteiger partial charge on any atom is 0.264 e. The minimum Gasteiger partial charge on any atom is -0.493 e. The molecule has 0 saturated carbocycles. The highest BCUT2D eigenvalue weighted by molar-refractivity contribution is 5.61. The van der Waals surface area contributed by atoms with Crippen LogP contribution in [0.1, 0.15) is 12.0 Å². The molecule has 0 amide bonds. The van der Waals surface area contributed by atoms with Gasteiger partial charge in [-0.05, 0) is 36.6 Å². The Balaban J connectivity index is 2.06. The molecule has 0 atom stereocenters. The number of aryl methyl sites for hydroxylation is 1. The summed E-state index contributed by atoms with van der Waals surface area (Å²) in [5.74, 6) is 0.966. The van der Waals surface area contributed by atoms with Crippen LogP contribution in [0.4, 0.5) is 0 Å². The number of benzene rings is 1. The van der Waals surface area contributed by atoms with Crippen LogP contribution >= 0.6 is 0 Å². The van der Waals surface area contributed by atoms with Gasteiger partial charge in [-0.2, -0.15) is 0 Å². The molecule has 16 heavy (non-hydrogen) atoms. The van der Waals surface area contributed by atoms with E-state index < -0.39 is 0 Å². The Labute approximate surface area is 92.2 Å². The van der Waals surface area contributed by atoms with Crippen molar-refractivity contribution >= 4 is 0 Å². The van der Waals surface area contributed by atoms with Gasteiger partial charge in [0.2, 0.25) is 0 Å². The first-order chi connectivity index (χ1) is 7.83. The van der Waals surface area contributed by atoms with E-state index in [4.69, 9.17) is 4.74 Å². The van der Waals surface area contributed by atoms with E-state index in [-0.39, 0.29) is 5.56 Å². The third-order valence-electron chi connectivity index (χ3n) is 2.82. The predicted molar refractivity (Wildman–Crippen MR) is 60.7 cm³/mol. The van der Waals surface area contributed by atoms with Gasteiger partial charge in [0, 0.05) is 11.6 Å². The van der Waals surface area contributed by atoms with Crippen molar-refractivity contribution in [2.24, 2.45) is 0 Å². The lowest BCUT2D eigenvalue weighted by atomic mass is 10.0. The van der Waals surface area contributed by atoms with Gasteiger partial charge in [-0.15, -0.1) is 0 Å². The molecule has 0 radical (unpaired) electrons. The van der Waals surface area contributed by atoms with Gasteiger partial charge in [0.1, 0.15) is 5.75 Å². The van der Waals surface area contributed by atoms with Gasteiger partial charge in [0.15, 0.2) is 0 Å². The van der Waals surface area contributed by atoms with E-state index in [1.165, 1.54) is 5.56 Å². The second-order valence-corrected chi connectivity index (χ2v) is 3.95. The molecule has 0 bridgehead atoms. The maximum absolute atomic E-state index is 11.0. The fourth-order valence-corrected chi connectivity index (χ4v) is 2.02. The molecule has 0 aliphatic carbocycles. The van der Waals surface area contributed by atoms with E-state index in [0.29, 0.717) is 0 Å². The first kappa shape index (κ1) is 9.27. The molecule has 2 N–H and O–H groups in total. The van der Waals surface area contributed by atoms with Gasteiger partial charge in [-0.1, -0.05) is 0 Å². The topological polar surface area (TPSA) is 57.9 Å². The lowest BCUT2D eigenvalue weighted by Gasteiger charge is -2.17. The van der Waals surface area contributed by atoms with Crippen LogP contribution in [0, 0.1) is 0 Å². The van der Waals surface area contributed by atoms with Gasteiger partial charge < -0.3 is 4.74 Å². The van der Waals surface area contributed by atoms with Gasteiger partial charge >= 0.3 is 0 Å². The summed E-state index contributed by atoms with van der Waals surface area (Å²) in [6, 6.07) is 7.57. The minimum atomic E-state index is -0.107. The quantitative estimate of drug-likeness (QED) is 0.762. The SMILES string of the molecule is O=c1cc(-c2ccc3c(c2)CCCO3)[nH][nH]1. The zero-order chi connectivity index (χ0) is 11.0. The van der Waals surface area contributed by atoms with Crippen molar-refractivity contribution in [1.82, 2.24) is 10.2 Å². The lowest BCUT2D eigenvalue weighted by molar-refractivity contribution is 0.288. The number of aromatic amines is 2. The van der Waals surface area contributed by atoms with Crippen LogP contribution in [0.3, 0.4) is 0 Å². The normalized spacial score (nSPS) is 14.2. The molecule has 1 aromatic carbocycles. The van der Waals surface area contributed by atoms with Crippen molar-refractivity contribution in [1.29, 1.82) is 0 Å². The van der Waals surface area contributed by atoms with Crippen LogP contribution in [0.5, 0.6) is 5.75 Å². The first-order valence-corrected chi connectivity index (χ1v) is 5.37. The number of rotatable bonds is 1. The van der Waals surface area contributed by atoms with Crippen molar-refractivity contribution < 1.29 is 4.74 Å². The van der Waals surface area contributed by atoms with Crippen LogP contribution in [-0.4, -0.2) is 16.8 Å². The summed E-state index contributed by atoms with van der Waals surface area (Å²) < 4.78 is 5.54. The molecule has 0 saturated heterocycles. The average Bonchev–Trinajstić information content (AvgIpc) is 2.75. The number of fused-ring (bicyclic) bond motifs is 1. The molecule has 4 heteroatoms. The van der Waals surface area contributed by atoms with Gasteiger partial charge in [0.25, 0.3) is 5.56 Å². The average molecular weight is 216 g/mol. The third-order valence-corrected chi connectivity index (χ3v) is 2.82. The highest BCUT2D eigenvalue weighted by Gasteiger charge is 2.11. The van der Waals surface area contributed by atoms with Crippen molar-refractivity contribution in [3.8, 4) is 17.0 Å². The van der Waals surface area contributed by atoms with Crippen LogP contribution in [0.25, 0.3) is 11.3 Å². The second-order valence-electron chi connectivity index (χ2n) is 3.95. The summed E-state index contributed by atoms with van der Waals surface area (Å²) in [4.78, 5) is 11.0. The number of H-pyrrole nitrogens is 2. The van der Waals surface area contributed by atoms with E-state index in [9.17, 15) is 4.79 Å². The van der Waals surface area contributed by atoms with E-state index in [1.54, 1.807) is 6.07 Å². The summed E-state index contributed by atoms with van der Waals surface area (Å²) >= 11 is 0. The molecule has 1 aliphatic heterocycles. The number of aromatic nitrogens is 2. The monoisotopic (exact) mass is 216 g/mol. The van der Waals surface area contributed by atoms with E-state index >= 15 is 0 Å². The van der Waals surface area contributed by atoms with Gasteiger partial charge in [0.05, 0.1) is 12.3 Å². The van der Waals surface area contributed by atoms with Crippen LogP contribution in [0.15, 0.2) is 29.1 Å². The van der Waals surface area contributed by atoms with Crippen molar-refractivity contribution in [3.05, 3.63) is 40.2 Å². The van der Waals surface area contributed by atoms with Crippen molar-refractivity contribution in [2.45, 2.75) is 12.8 Å². The van der Waals surface area contributed by atoms with Crippen molar-refractivity contribution in [2.75, 3.05) is 6.61 Å². The number of nitrogens with one attached hydrogen (secondary N) is 2. The molecule has 1 aromatic heterocycles. The third kappa shape index (κ3) is 1.52. The highest BCUT2D eigenvalue weighted by atomic mass is 16.5. The van der Waals surface area contributed by atoms with E-state index in [0.717, 1.165) is 36.5 Å². The first-order valence-electron chi connectivity index (χ1n) is 5.37. The Morgan fingerprint density at radius 3 is 2.94 bits per heavy atom. The van der Waals surface area contributed by atoms with Gasteiger partial charge in [-0.3, -0.25) is 15.0 Å². The Kier molecular flexibility index (Phi) is 2.06. The number of ether oxygens (including phenoxy) is 1. The Hall–Kier alpha value is -1.97. The lowest BCUT2D eigenvalue weighted by Crippen LogP contribution is -2.08. The van der Waals surface area contributed by atoms with Crippen LogP contribution in [0.2, 0.25) is 0 Å². The standard InChI is InChI=1S/C12H12N2O2/c15-12-7-10(13-14-12)8-3-4-11-9(6-8)2-1-5-16-11/h3-4,6-7H,1-2,5H2,(H2,13,14,15). The molecule has 2 aromatic rings. The van der Waals surface area contributed by atoms with Crippen LogP contribution in [-0.2, 0) is 6.42 Å². The zero-order valence-corrected chi connectivity index (χ0v) is 8.75. The molecule has 0 fully saturated rings. The number of hydrogen-bond donors (Lipinski definition) is 2. The summed E-state index contributed by atoms with van der Waals surface area (Å²) in [7, 11) is 0. The summed E-state index contributed by atoms with van der Waals surface area (Å²) in [5.41, 5.74) is 2.94. The fourth-order valence-electron chi connectivity index (χ4n) is 2.02. The molecule has 3 rings (SSSR count). The van der Waals surface area contributed by atoms with Crippen LogP contribution < -0.4 is 10.3 Å². The smallest absolute Gasteiger partial charge is 0.264 e. The fraction of sp³-hybridized carbons (Fsp3) is 0.250. The Bertz CT molecular complexity index is 568. The zero-order valence-electron chi connectivity index (χ0n) is 8.75. The van der Waals surface area contributed by atoms with E-state index in [1.807, 2.05) is 12.1 Å². The summed E-state index contributed by atoms with van der Waals surface area (Å²) in [6.45, 7) is 0.799. The maximum atomic E-state index is 11.0. The number of hydrogen-bond acceptors (Lipinski definition) is 2. The Morgan fingerprint density at radius 2 is 2.12 bits per heavy atom. The second kappa shape index (κ2) is 3.56. The molecule has 4 nitrogen and oxygen atoms in total. The largest absolute Gasteiger partial charge is 0.493 e.